The van der Waals surface area contributed by atoms with Gasteiger partial charge in [-0.25, -0.2) is 0 Å². The lowest BCUT2D eigenvalue weighted by Crippen LogP contribution is -2.00. The Hall–Kier alpha value is 0.0500. The molecule has 0 N–H and O–H groups in total. The second-order valence-electron chi connectivity index (χ2n) is 3.00. The molecule has 1 aliphatic rings. The smallest absolute Gasteiger partial charge is 0.0528 e. The highest BCUT2D eigenvalue weighted by molar-refractivity contribution is 9.09. The monoisotopic (exact) mass is 242 g/mol. The normalized spacial score (nSPS) is 27.2. The minimum Gasteiger partial charge on any atom is -0.121 e. The van der Waals surface area contributed by atoms with Crippen molar-refractivity contribution in [1.82, 2.24) is 0 Å². The third-order valence-electron chi connectivity index (χ3n) is 2.22. The van der Waals surface area contributed by atoms with Crippen LogP contribution in [0.4, 0.5) is 0 Å². The first-order chi connectivity index (χ1) is 5.83. The van der Waals surface area contributed by atoms with Gasteiger partial charge in [0.2, 0.25) is 0 Å². The molecule has 12 heavy (non-hydrogen) atoms. The third-order valence-corrected chi connectivity index (χ3v) is 5.24. The predicted molar refractivity (Wildman–Crippen MR) is 58.0 cm³/mol. The van der Waals surface area contributed by atoms with Crippen molar-refractivity contribution >= 4 is 27.7 Å². The summed E-state index contributed by atoms with van der Waals surface area (Å²) < 4.78 is 0. The molecule has 0 saturated heterocycles. The summed E-state index contributed by atoms with van der Waals surface area (Å²) in [4.78, 5) is 2.01. The van der Waals surface area contributed by atoms with Crippen molar-refractivity contribution in [3.63, 3.8) is 0 Å². The molecule has 0 nitrogen and oxygen atoms in total. The zero-order valence-corrected chi connectivity index (χ0v) is 9.36. The van der Waals surface area contributed by atoms with Crippen LogP contribution in [0.2, 0.25) is 0 Å². The maximum Gasteiger partial charge on any atom is 0.0528 e. The summed E-state index contributed by atoms with van der Waals surface area (Å²) in [5.74, 6) is 0. The number of benzene rings is 1. The predicted octanol–water partition coefficient (Wildman–Crippen LogP) is 4.01. The van der Waals surface area contributed by atoms with E-state index in [0.717, 1.165) is 5.25 Å². The molecule has 0 aromatic heterocycles. The van der Waals surface area contributed by atoms with Crippen molar-refractivity contribution in [1.29, 1.82) is 0 Å². The summed E-state index contributed by atoms with van der Waals surface area (Å²) in [5, 5.41) is 0.724. The zero-order chi connectivity index (χ0) is 8.55. The summed E-state index contributed by atoms with van der Waals surface area (Å²) in [5.41, 5.74) is 1.47. The van der Waals surface area contributed by atoms with Crippen LogP contribution in [0.3, 0.4) is 0 Å². The molecule has 1 aliphatic heterocycles. The van der Waals surface area contributed by atoms with Crippen LogP contribution in [0, 0.1) is 0 Å². The molecule has 2 atom stereocenters. The van der Waals surface area contributed by atoms with E-state index in [0.29, 0.717) is 4.83 Å². The molecule has 1 aromatic rings. The molecule has 0 radical (unpaired) electrons. The quantitative estimate of drug-likeness (QED) is 0.671. The van der Waals surface area contributed by atoms with Gasteiger partial charge in [-0.3, -0.25) is 0 Å². The average molecular weight is 243 g/mol. The molecule has 1 heterocycles. The van der Waals surface area contributed by atoms with Gasteiger partial charge in [-0.2, -0.15) is 0 Å². The third kappa shape index (κ3) is 1.31. The van der Waals surface area contributed by atoms with Crippen molar-refractivity contribution in [2.75, 3.05) is 0 Å². The highest BCUT2D eigenvalue weighted by Gasteiger charge is 2.29. The first kappa shape index (κ1) is 8.64. The van der Waals surface area contributed by atoms with Crippen LogP contribution < -0.4 is 0 Å². The number of rotatable bonds is 1. The molecule has 0 fully saturated rings. The summed E-state index contributed by atoms with van der Waals surface area (Å²) >= 11 is 5.74. The number of fused-ring (bicyclic) bond motifs is 1. The lowest BCUT2D eigenvalue weighted by molar-refractivity contribution is 0.823. The van der Waals surface area contributed by atoms with Gasteiger partial charge in [-0.1, -0.05) is 41.1 Å². The van der Waals surface area contributed by atoms with Crippen LogP contribution in [-0.4, -0.2) is 5.25 Å². The first-order valence-electron chi connectivity index (χ1n) is 4.22. The fourth-order valence-electron chi connectivity index (χ4n) is 1.53. The lowest BCUT2D eigenvalue weighted by Gasteiger charge is -2.09. The Morgan fingerprint density at radius 1 is 1.42 bits per heavy atom. The summed E-state index contributed by atoms with van der Waals surface area (Å²) in [6, 6.07) is 8.66. The Balaban J connectivity index is 2.35. The van der Waals surface area contributed by atoms with E-state index in [1.807, 2.05) is 11.8 Å². The highest BCUT2D eigenvalue weighted by Crippen LogP contribution is 2.49. The molecule has 0 saturated carbocycles. The Bertz CT molecular complexity index is 285. The maximum atomic E-state index is 3.74. The Morgan fingerprint density at radius 2 is 2.17 bits per heavy atom. The van der Waals surface area contributed by atoms with E-state index >= 15 is 0 Å². The zero-order valence-electron chi connectivity index (χ0n) is 6.96. The SMILES string of the molecule is CCC1Sc2ccccc2C1Br. The van der Waals surface area contributed by atoms with E-state index in [1.165, 1.54) is 16.9 Å². The summed E-state index contributed by atoms with van der Waals surface area (Å²) in [6.07, 6.45) is 1.23. The lowest BCUT2D eigenvalue weighted by atomic mass is 10.1. The Labute approximate surface area is 85.9 Å². The van der Waals surface area contributed by atoms with Gasteiger partial charge < -0.3 is 0 Å². The van der Waals surface area contributed by atoms with E-state index in [9.17, 15) is 0 Å². The number of alkyl halides is 1. The molecule has 0 spiro atoms. The van der Waals surface area contributed by atoms with Crippen molar-refractivity contribution in [3.8, 4) is 0 Å². The van der Waals surface area contributed by atoms with Crippen LogP contribution >= 0.6 is 27.7 Å². The van der Waals surface area contributed by atoms with Gasteiger partial charge in [-0.15, -0.1) is 11.8 Å². The molecule has 2 rings (SSSR count). The topological polar surface area (TPSA) is 0 Å². The number of hydrogen-bond acceptors (Lipinski definition) is 1. The van der Waals surface area contributed by atoms with Crippen LogP contribution in [0.25, 0.3) is 0 Å². The number of halogens is 1. The molecule has 2 unspecified atom stereocenters. The van der Waals surface area contributed by atoms with Gasteiger partial charge in [0.25, 0.3) is 0 Å². The van der Waals surface area contributed by atoms with Crippen molar-refractivity contribution in [2.45, 2.75) is 28.3 Å². The Morgan fingerprint density at radius 3 is 2.83 bits per heavy atom. The average Bonchev–Trinajstić information content (AvgIpc) is 2.44. The molecule has 0 amide bonds. The molecular formula is C10H11BrS. The van der Waals surface area contributed by atoms with E-state index in [1.54, 1.807) is 0 Å². The largest absolute Gasteiger partial charge is 0.121 e. The minimum atomic E-state index is 0.559. The molecule has 0 aliphatic carbocycles. The molecular weight excluding hydrogens is 232 g/mol. The molecule has 2 heteroatoms. The van der Waals surface area contributed by atoms with Crippen molar-refractivity contribution in [2.24, 2.45) is 0 Å². The van der Waals surface area contributed by atoms with Crippen LogP contribution in [-0.2, 0) is 0 Å². The Kier molecular flexibility index (Phi) is 2.47. The van der Waals surface area contributed by atoms with Gasteiger partial charge >= 0.3 is 0 Å². The van der Waals surface area contributed by atoms with Crippen molar-refractivity contribution < 1.29 is 0 Å². The number of thioether (sulfide) groups is 1. The fourth-order valence-corrected chi connectivity index (χ4v) is 4.02. The second-order valence-corrected chi connectivity index (χ2v) is 5.27. The van der Waals surface area contributed by atoms with Gasteiger partial charge in [0, 0.05) is 10.1 Å². The van der Waals surface area contributed by atoms with E-state index in [-0.39, 0.29) is 0 Å². The van der Waals surface area contributed by atoms with Crippen molar-refractivity contribution in [3.05, 3.63) is 29.8 Å². The van der Waals surface area contributed by atoms with Crippen LogP contribution in [0.15, 0.2) is 29.2 Å². The van der Waals surface area contributed by atoms with Gasteiger partial charge in [0.1, 0.15) is 0 Å². The fraction of sp³-hybridized carbons (Fsp3) is 0.400. The first-order valence-corrected chi connectivity index (χ1v) is 6.02. The van der Waals surface area contributed by atoms with Crippen LogP contribution in [0.1, 0.15) is 23.7 Å². The van der Waals surface area contributed by atoms with E-state index in [4.69, 9.17) is 0 Å². The van der Waals surface area contributed by atoms with Gasteiger partial charge in [0.15, 0.2) is 0 Å². The van der Waals surface area contributed by atoms with E-state index in [2.05, 4.69) is 47.1 Å². The van der Waals surface area contributed by atoms with E-state index < -0.39 is 0 Å². The standard InChI is InChI=1S/C10H11BrS/c1-2-8-10(11)7-5-3-4-6-9(7)12-8/h3-6,8,10H,2H2,1H3. The summed E-state index contributed by atoms with van der Waals surface area (Å²) in [7, 11) is 0. The van der Waals surface area contributed by atoms with Gasteiger partial charge in [-0.05, 0) is 18.1 Å². The maximum absolute atomic E-state index is 3.74. The van der Waals surface area contributed by atoms with Gasteiger partial charge in [0.05, 0.1) is 4.83 Å². The summed E-state index contributed by atoms with van der Waals surface area (Å²) in [6.45, 7) is 2.25. The second kappa shape index (κ2) is 3.43. The van der Waals surface area contributed by atoms with Crippen LogP contribution in [0.5, 0.6) is 0 Å². The molecule has 1 aromatic carbocycles. The molecule has 0 bridgehead atoms. The number of hydrogen-bond donors (Lipinski definition) is 0. The molecule has 64 valence electrons. The minimum absolute atomic E-state index is 0.559. The highest BCUT2D eigenvalue weighted by atomic mass is 79.9.